The van der Waals surface area contributed by atoms with Crippen molar-refractivity contribution >= 4 is 5.97 Å². The minimum atomic E-state index is -1.37. The van der Waals surface area contributed by atoms with Crippen molar-refractivity contribution in [2.75, 3.05) is 0 Å². The van der Waals surface area contributed by atoms with Crippen LogP contribution in [0.15, 0.2) is 0 Å². The topological polar surface area (TPSA) is 46.5 Å². The molecule has 4 fully saturated rings. The van der Waals surface area contributed by atoms with Crippen LogP contribution in [0.25, 0.3) is 0 Å². The highest BCUT2D eigenvalue weighted by Crippen LogP contribution is 2.69. The first-order chi connectivity index (χ1) is 15.4. The Kier molecular flexibility index (Phi) is 7.02. The number of carbonyl (C=O) groups excluding carboxylic acids is 1. The fourth-order valence-corrected chi connectivity index (χ4v) is 9.55. The van der Waals surface area contributed by atoms with Gasteiger partial charge in [-0.2, -0.15) is 0 Å². The Morgan fingerprint density at radius 1 is 1.06 bits per heavy atom. The number of fused-ring (bicyclic) bond motifs is 5. The standard InChI is InChI=1S/C29H49FO3/c1-18(2)8-7-9-19(3)23-10-11-24-22-16-26(30)29(32)17-21(33-20(4)31)12-15-28(29,6)25(22)13-14-27(23,24)5/h18-19,21-26,32H,7-17H2,1-6H3/t19-,21-,22-,23-,24-,25-,26-,27+,28-,29+/m1/s1. The van der Waals surface area contributed by atoms with E-state index in [1.807, 2.05) is 0 Å². The molecule has 190 valence electrons. The number of hydrogen-bond acceptors (Lipinski definition) is 3. The van der Waals surface area contributed by atoms with Crippen LogP contribution < -0.4 is 0 Å². The Bertz CT molecular complexity index is 724. The smallest absolute Gasteiger partial charge is 0.302 e. The monoisotopic (exact) mass is 464 g/mol. The fraction of sp³-hybridized carbons (Fsp3) is 0.966. The van der Waals surface area contributed by atoms with Crippen molar-refractivity contribution in [1.29, 1.82) is 0 Å². The van der Waals surface area contributed by atoms with Crippen molar-refractivity contribution in [3.05, 3.63) is 0 Å². The molecule has 4 aliphatic rings. The summed E-state index contributed by atoms with van der Waals surface area (Å²) in [7, 11) is 0. The van der Waals surface area contributed by atoms with Gasteiger partial charge in [-0.15, -0.1) is 0 Å². The number of carbonyl (C=O) groups is 1. The summed E-state index contributed by atoms with van der Waals surface area (Å²) in [6, 6.07) is 0. The first-order valence-corrected chi connectivity index (χ1v) is 14.0. The molecule has 0 aromatic heterocycles. The molecular formula is C29H49FO3. The van der Waals surface area contributed by atoms with Crippen molar-refractivity contribution < 1.29 is 19.0 Å². The van der Waals surface area contributed by atoms with Gasteiger partial charge >= 0.3 is 5.97 Å². The molecule has 4 aliphatic carbocycles. The third-order valence-corrected chi connectivity index (χ3v) is 11.3. The largest absolute Gasteiger partial charge is 0.462 e. The Morgan fingerprint density at radius 3 is 2.45 bits per heavy atom. The van der Waals surface area contributed by atoms with Crippen LogP contribution in [0.4, 0.5) is 4.39 Å². The highest BCUT2D eigenvalue weighted by Gasteiger charge is 2.68. The van der Waals surface area contributed by atoms with Crippen molar-refractivity contribution in [3.8, 4) is 0 Å². The van der Waals surface area contributed by atoms with Crippen LogP contribution in [-0.2, 0) is 9.53 Å². The summed E-state index contributed by atoms with van der Waals surface area (Å²) in [6.45, 7) is 13.2. The molecule has 0 aliphatic heterocycles. The lowest BCUT2D eigenvalue weighted by molar-refractivity contribution is -0.252. The summed E-state index contributed by atoms with van der Waals surface area (Å²) in [5.74, 6) is 3.28. The molecule has 0 saturated heterocycles. The molecule has 1 N–H and O–H groups in total. The second-order valence-electron chi connectivity index (χ2n) is 13.4. The van der Waals surface area contributed by atoms with Gasteiger partial charge in [0.2, 0.25) is 0 Å². The predicted molar refractivity (Wildman–Crippen MR) is 130 cm³/mol. The second kappa shape index (κ2) is 9.10. The van der Waals surface area contributed by atoms with Gasteiger partial charge < -0.3 is 9.84 Å². The maximum atomic E-state index is 15.9. The maximum Gasteiger partial charge on any atom is 0.302 e. The van der Waals surface area contributed by atoms with Crippen LogP contribution in [0.3, 0.4) is 0 Å². The molecule has 0 heterocycles. The minimum Gasteiger partial charge on any atom is -0.462 e. The van der Waals surface area contributed by atoms with Gasteiger partial charge in [0.05, 0.1) is 0 Å². The Morgan fingerprint density at radius 2 is 1.79 bits per heavy atom. The molecule has 0 aromatic carbocycles. The van der Waals surface area contributed by atoms with Crippen molar-refractivity contribution in [2.45, 2.75) is 130 Å². The van der Waals surface area contributed by atoms with Crippen LogP contribution in [0, 0.1) is 46.3 Å². The fourth-order valence-electron chi connectivity index (χ4n) is 9.55. The average Bonchev–Trinajstić information content (AvgIpc) is 3.07. The van der Waals surface area contributed by atoms with E-state index in [1.54, 1.807) is 0 Å². The number of halogens is 1. The molecule has 33 heavy (non-hydrogen) atoms. The van der Waals surface area contributed by atoms with Gasteiger partial charge in [0.1, 0.15) is 17.9 Å². The Hall–Kier alpha value is -0.640. The first kappa shape index (κ1) is 25.5. The van der Waals surface area contributed by atoms with Gasteiger partial charge in [-0.1, -0.05) is 53.9 Å². The molecule has 0 bridgehead atoms. The number of esters is 1. The van der Waals surface area contributed by atoms with Crippen molar-refractivity contribution in [3.63, 3.8) is 0 Å². The molecular weight excluding hydrogens is 415 g/mol. The van der Waals surface area contributed by atoms with E-state index in [-0.39, 0.29) is 18.5 Å². The van der Waals surface area contributed by atoms with Crippen LogP contribution in [-0.4, -0.2) is 29.0 Å². The van der Waals surface area contributed by atoms with E-state index >= 15 is 4.39 Å². The zero-order valence-corrected chi connectivity index (χ0v) is 22.0. The van der Waals surface area contributed by atoms with E-state index in [1.165, 1.54) is 45.4 Å². The number of ether oxygens (including phenoxy) is 1. The van der Waals surface area contributed by atoms with Gasteiger partial charge in [-0.05, 0) is 85.9 Å². The van der Waals surface area contributed by atoms with Gasteiger partial charge in [-0.25, -0.2) is 4.39 Å². The minimum absolute atomic E-state index is 0.255. The summed E-state index contributed by atoms with van der Waals surface area (Å²) in [6.07, 6.45) is 9.45. The van der Waals surface area contributed by atoms with E-state index in [0.717, 1.165) is 37.0 Å². The number of hydrogen-bond donors (Lipinski definition) is 1. The lowest BCUT2D eigenvalue weighted by atomic mass is 9.42. The molecule has 0 radical (unpaired) electrons. The van der Waals surface area contributed by atoms with Gasteiger partial charge in [-0.3, -0.25) is 4.79 Å². The van der Waals surface area contributed by atoms with E-state index in [0.29, 0.717) is 29.6 Å². The summed E-state index contributed by atoms with van der Waals surface area (Å²) < 4.78 is 21.4. The van der Waals surface area contributed by atoms with Crippen LogP contribution in [0.5, 0.6) is 0 Å². The molecule has 3 nitrogen and oxygen atoms in total. The molecule has 0 amide bonds. The third-order valence-electron chi connectivity index (χ3n) is 11.3. The average molecular weight is 465 g/mol. The Labute approximate surface area is 201 Å². The first-order valence-electron chi connectivity index (χ1n) is 14.0. The van der Waals surface area contributed by atoms with Gasteiger partial charge in [0.25, 0.3) is 0 Å². The van der Waals surface area contributed by atoms with E-state index < -0.39 is 17.2 Å². The number of alkyl halides is 1. The second-order valence-corrected chi connectivity index (χ2v) is 13.4. The van der Waals surface area contributed by atoms with Crippen LogP contribution in [0.2, 0.25) is 0 Å². The summed E-state index contributed by atoms with van der Waals surface area (Å²) >= 11 is 0. The Balaban J connectivity index is 1.51. The lowest BCUT2D eigenvalue weighted by Crippen LogP contribution is -2.67. The predicted octanol–water partition coefficient (Wildman–Crippen LogP) is 7.10. The SMILES string of the molecule is CC(=O)O[C@@H]1CC[C@]2(C)[C@@H]3CC[C@]4(C)[C@H](CC[C@@H]4[C@H](C)CCCC(C)C)[C@H]3C[C@@H](F)[C@@]2(O)C1. The molecule has 0 spiro atoms. The molecule has 4 saturated carbocycles. The molecule has 0 unspecified atom stereocenters. The van der Waals surface area contributed by atoms with Gasteiger partial charge in [0.15, 0.2) is 0 Å². The van der Waals surface area contributed by atoms with Crippen molar-refractivity contribution in [2.24, 2.45) is 46.3 Å². The molecule has 10 atom stereocenters. The zero-order valence-electron chi connectivity index (χ0n) is 22.0. The summed E-state index contributed by atoms with van der Waals surface area (Å²) in [5.41, 5.74) is -1.48. The van der Waals surface area contributed by atoms with Crippen LogP contribution in [0.1, 0.15) is 112 Å². The third kappa shape index (κ3) is 4.19. The maximum absolute atomic E-state index is 15.9. The quantitative estimate of drug-likeness (QED) is 0.426. The summed E-state index contributed by atoms with van der Waals surface area (Å²) in [4.78, 5) is 11.5. The highest BCUT2D eigenvalue weighted by atomic mass is 19.1. The van der Waals surface area contributed by atoms with Gasteiger partial charge in [0, 0.05) is 18.8 Å². The normalized spacial score (nSPS) is 48.0. The van der Waals surface area contributed by atoms with Crippen molar-refractivity contribution in [1.82, 2.24) is 0 Å². The van der Waals surface area contributed by atoms with Crippen LogP contribution >= 0.6 is 0 Å². The van der Waals surface area contributed by atoms with E-state index in [2.05, 4.69) is 34.6 Å². The summed E-state index contributed by atoms with van der Waals surface area (Å²) in [5, 5.41) is 11.8. The zero-order chi connectivity index (χ0) is 24.2. The van der Waals surface area contributed by atoms with E-state index in [4.69, 9.17) is 4.74 Å². The highest BCUT2D eigenvalue weighted by molar-refractivity contribution is 5.66. The molecule has 4 rings (SSSR count). The van der Waals surface area contributed by atoms with E-state index in [9.17, 15) is 9.90 Å². The lowest BCUT2D eigenvalue weighted by Gasteiger charge is -2.65. The number of aliphatic hydroxyl groups is 1. The molecule has 0 aromatic rings. The molecule has 4 heteroatoms. The number of rotatable bonds is 6.